The summed E-state index contributed by atoms with van der Waals surface area (Å²) in [5.41, 5.74) is 2.25. The number of hydrogen-bond acceptors (Lipinski definition) is 5. The van der Waals surface area contributed by atoms with Crippen LogP contribution in [-0.4, -0.2) is 67.4 Å². The lowest BCUT2D eigenvalue weighted by atomic mass is 10.0. The van der Waals surface area contributed by atoms with Crippen LogP contribution in [0.1, 0.15) is 26.3 Å². The van der Waals surface area contributed by atoms with Crippen LogP contribution in [0.2, 0.25) is 0 Å². The summed E-state index contributed by atoms with van der Waals surface area (Å²) in [4.78, 5) is 29.9. The van der Waals surface area contributed by atoms with E-state index in [1.54, 1.807) is 18.2 Å². The van der Waals surface area contributed by atoms with Gasteiger partial charge in [-0.15, -0.1) is 0 Å². The molecule has 146 valence electrons. The van der Waals surface area contributed by atoms with Crippen molar-refractivity contribution in [3.63, 3.8) is 0 Å². The number of nitrogens with zero attached hydrogens (tertiary/aromatic N) is 2. The molecule has 2 aromatic carbocycles. The van der Waals surface area contributed by atoms with Crippen molar-refractivity contribution in [2.45, 2.75) is 12.6 Å². The summed E-state index contributed by atoms with van der Waals surface area (Å²) in [5, 5.41) is 2.80. The van der Waals surface area contributed by atoms with Gasteiger partial charge in [0.2, 0.25) is 0 Å². The van der Waals surface area contributed by atoms with Crippen molar-refractivity contribution < 1.29 is 14.3 Å². The van der Waals surface area contributed by atoms with Crippen LogP contribution in [0.5, 0.6) is 5.75 Å². The topological polar surface area (TPSA) is 61.9 Å². The summed E-state index contributed by atoms with van der Waals surface area (Å²) in [6, 6.07) is 14.1. The molecule has 1 atom stereocenters. The Kier molecular flexibility index (Phi) is 5.41. The Balaban J connectivity index is 1.36. The van der Waals surface area contributed by atoms with Gasteiger partial charge >= 0.3 is 0 Å². The van der Waals surface area contributed by atoms with Crippen LogP contribution in [-0.2, 0) is 6.54 Å². The van der Waals surface area contributed by atoms with Crippen molar-refractivity contribution in [1.82, 2.24) is 15.1 Å². The maximum absolute atomic E-state index is 12.6. The van der Waals surface area contributed by atoms with Crippen LogP contribution in [0.25, 0.3) is 0 Å². The highest BCUT2D eigenvalue weighted by molar-refractivity contribution is 6.06. The minimum absolute atomic E-state index is 0.109. The van der Waals surface area contributed by atoms with Gasteiger partial charge in [0.25, 0.3) is 5.91 Å². The lowest BCUT2D eigenvalue weighted by molar-refractivity contribution is 0.0795. The van der Waals surface area contributed by atoms with Gasteiger partial charge in [-0.3, -0.25) is 14.5 Å². The molecule has 1 unspecified atom stereocenters. The van der Waals surface area contributed by atoms with Crippen LogP contribution >= 0.6 is 0 Å². The van der Waals surface area contributed by atoms with Gasteiger partial charge < -0.3 is 15.0 Å². The molecule has 1 saturated heterocycles. The number of Topliss-reactive ketones (excluding diaryl/α,β-unsaturated/α-hetero) is 1. The standard InChI is InChI=1S/C22H25N3O3/c1-24-10-12-25(13-11-24)14-16-6-8-17(9-7-16)22(27)23-19-15-28-20-5-3-2-4-18(20)21(19)26/h2-9,19H,10-15H2,1H3,(H,23,27). The molecule has 0 aromatic heterocycles. The highest BCUT2D eigenvalue weighted by atomic mass is 16.5. The molecule has 2 aliphatic rings. The average molecular weight is 379 g/mol. The molecular weight excluding hydrogens is 354 g/mol. The molecular formula is C22H25N3O3. The largest absolute Gasteiger partial charge is 0.490 e. The number of amides is 1. The molecule has 28 heavy (non-hydrogen) atoms. The van der Waals surface area contributed by atoms with Gasteiger partial charge in [-0.1, -0.05) is 24.3 Å². The summed E-state index contributed by atoms with van der Waals surface area (Å²) in [6.45, 7) is 5.33. The second-order valence-corrected chi connectivity index (χ2v) is 7.47. The molecule has 1 amide bonds. The fourth-order valence-corrected chi connectivity index (χ4v) is 3.61. The minimum Gasteiger partial charge on any atom is -0.490 e. The van der Waals surface area contributed by atoms with E-state index in [-0.39, 0.29) is 18.3 Å². The molecule has 0 spiro atoms. The molecule has 0 radical (unpaired) electrons. The average Bonchev–Trinajstić information content (AvgIpc) is 2.72. The smallest absolute Gasteiger partial charge is 0.251 e. The Morgan fingerprint density at radius 1 is 1.07 bits per heavy atom. The van der Waals surface area contributed by atoms with E-state index in [0.29, 0.717) is 16.9 Å². The van der Waals surface area contributed by atoms with E-state index in [1.807, 2.05) is 30.3 Å². The molecule has 6 nitrogen and oxygen atoms in total. The van der Waals surface area contributed by atoms with E-state index < -0.39 is 6.04 Å². The third-order valence-corrected chi connectivity index (χ3v) is 5.40. The molecule has 2 heterocycles. The van der Waals surface area contributed by atoms with E-state index in [2.05, 4.69) is 22.2 Å². The van der Waals surface area contributed by atoms with Crippen molar-refractivity contribution in [3.8, 4) is 5.75 Å². The van der Waals surface area contributed by atoms with E-state index in [4.69, 9.17) is 4.74 Å². The maximum Gasteiger partial charge on any atom is 0.251 e. The van der Waals surface area contributed by atoms with E-state index in [9.17, 15) is 9.59 Å². The molecule has 1 fully saturated rings. The zero-order chi connectivity index (χ0) is 19.5. The molecule has 2 aliphatic heterocycles. The molecule has 1 N–H and O–H groups in total. The fourth-order valence-electron chi connectivity index (χ4n) is 3.61. The predicted molar refractivity (Wildman–Crippen MR) is 107 cm³/mol. The lowest BCUT2D eigenvalue weighted by Crippen LogP contribution is -2.47. The number of rotatable bonds is 4. The fraction of sp³-hybridized carbons (Fsp3) is 0.364. The van der Waals surface area contributed by atoms with Gasteiger partial charge in [-0.25, -0.2) is 0 Å². The summed E-state index contributed by atoms with van der Waals surface area (Å²) < 4.78 is 5.61. The van der Waals surface area contributed by atoms with Crippen LogP contribution in [0.4, 0.5) is 0 Å². The van der Waals surface area contributed by atoms with Crippen LogP contribution in [0.3, 0.4) is 0 Å². The number of para-hydroxylation sites is 1. The van der Waals surface area contributed by atoms with Crippen molar-refractivity contribution >= 4 is 11.7 Å². The first-order valence-electron chi connectivity index (χ1n) is 9.67. The number of nitrogens with one attached hydrogen (secondary N) is 1. The second-order valence-electron chi connectivity index (χ2n) is 7.47. The second kappa shape index (κ2) is 8.12. The number of ether oxygens (including phenoxy) is 1. The van der Waals surface area contributed by atoms with E-state index in [1.165, 1.54) is 5.56 Å². The van der Waals surface area contributed by atoms with Gasteiger partial charge in [0.05, 0.1) is 5.56 Å². The zero-order valence-electron chi connectivity index (χ0n) is 16.1. The third-order valence-electron chi connectivity index (χ3n) is 5.40. The number of fused-ring (bicyclic) bond motifs is 1. The Labute approximate surface area is 165 Å². The van der Waals surface area contributed by atoms with Gasteiger partial charge in [-0.05, 0) is 36.9 Å². The summed E-state index contributed by atoms with van der Waals surface area (Å²) in [6.07, 6.45) is 0. The van der Waals surface area contributed by atoms with Crippen molar-refractivity contribution in [3.05, 3.63) is 65.2 Å². The first-order chi connectivity index (χ1) is 13.6. The van der Waals surface area contributed by atoms with Gasteiger partial charge in [0, 0.05) is 38.3 Å². The van der Waals surface area contributed by atoms with Crippen molar-refractivity contribution in [2.24, 2.45) is 0 Å². The first-order valence-corrected chi connectivity index (χ1v) is 9.67. The third kappa shape index (κ3) is 4.08. The number of ketones is 1. The summed E-state index contributed by atoms with van der Waals surface area (Å²) in [5.74, 6) is 0.209. The summed E-state index contributed by atoms with van der Waals surface area (Å²) in [7, 11) is 2.14. The Bertz CT molecular complexity index is 858. The van der Waals surface area contributed by atoms with Gasteiger partial charge in [-0.2, -0.15) is 0 Å². The SMILES string of the molecule is CN1CCN(Cc2ccc(C(=O)NC3COc4ccccc4C3=O)cc2)CC1. The number of likely N-dealkylation sites (N-methyl/N-ethyl adjacent to an activating group) is 1. The number of carbonyl (C=O) groups is 2. The number of piperazine rings is 1. The predicted octanol–water partition coefficient (Wildman–Crippen LogP) is 1.81. The minimum atomic E-state index is -0.660. The molecule has 2 aromatic rings. The zero-order valence-corrected chi connectivity index (χ0v) is 16.1. The molecule has 0 saturated carbocycles. The molecule has 0 bridgehead atoms. The Hall–Kier alpha value is -2.70. The van der Waals surface area contributed by atoms with E-state index >= 15 is 0 Å². The van der Waals surface area contributed by atoms with Crippen LogP contribution in [0, 0.1) is 0 Å². The first kappa shape index (κ1) is 18.7. The maximum atomic E-state index is 12.6. The van der Waals surface area contributed by atoms with Crippen LogP contribution in [0.15, 0.2) is 48.5 Å². The monoisotopic (exact) mass is 379 g/mol. The van der Waals surface area contributed by atoms with Gasteiger partial charge in [0.15, 0.2) is 5.78 Å². The van der Waals surface area contributed by atoms with Crippen molar-refractivity contribution in [1.29, 1.82) is 0 Å². The quantitative estimate of drug-likeness (QED) is 0.878. The number of benzene rings is 2. The lowest BCUT2D eigenvalue weighted by Gasteiger charge is -2.32. The Morgan fingerprint density at radius 3 is 2.54 bits per heavy atom. The normalized spacial score (nSPS) is 20.3. The highest BCUT2D eigenvalue weighted by Crippen LogP contribution is 2.24. The Morgan fingerprint density at radius 2 is 1.79 bits per heavy atom. The summed E-state index contributed by atoms with van der Waals surface area (Å²) >= 11 is 0. The van der Waals surface area contributed by atoms with Crippen molar-refractivity contribution in [2.75, 3.05) is 39.8 Å². The highest BCUT2D eigenvalue weighted by Gasteiger charge is 2.30. The molecule has 4 rings (SSSR count). The number of carbonyl (C=O) groups excluding carboxylic acids is 2. The molecule has 0 aliphatic carbocycles. The van der Waals surface area contributed by atoms with Crippen LogP contribution < -0.4 is 10.1 Å². The number of hydrogen-bond donors (Lipinski definition) is 1. The van der Waals surface area contributed by atoms with Gasteiger partial charge in [0.1, 0.15) is 18.4 Å². The van der Waals surface area contributed by atoms with E-state index in [0.717, 1.165) is 32.7 Å². The molecule has 6 heteroatoms.